The molecule has 5 nitrogen and oxygen atoms in total. The lowest BCUT2D eigenvalue weighted by Crippen LogP contribution is -2.25. The molecule has 1 aromatic carbocycles. The van der Waals surface area contributed by atoms with Crippen LogP contribution in [0.3, 0.4) is 0 Å². The second kappa shape index (κ2) is 5.78. The Balaban J connectivity index is 2.35. The van der Waals surface area contributed by atoms with E-state index in [9.17, 15) is 19.1 Å². The SMILES string of the molecule is Cc1cc2c(cc1F)-c1cc(=O)c(C(=O)O)cn1C(C(C)C)CO2. The fourth-order valence-corrected chi connectivity index (χ4v) is 2.94. The number of ether oxygens (including phenoxy) is 1. The summed E-state index contributed by atoms with van der Waals surface area (Å²) in [5.74, 6) is -1.05. The number of benzene rings is 1. The zero-order valence-corrected chi connectivity index (χ0v) is 13.7. The molecule has 0 saturated heterocycles. The number of carboxylic acids is 1. The van der Waals surface area contributed by atoms with E-state index in [0.717, 1.165) is 0 Å². The maximum Gasteiger partial charge on any atom is 0.341 e. The highest BCUT2D eigenvalue weighted by Gasteiger charge is 2.27. The van der Waals surface area contributed by atoms with Crippen LogP contribution in [0.4, 0.5) is 4.39 Å². The van der Waals surface area contributed by atoms with Crippen LogP contribution in [-0.2, 0) is 0 Å². The van der Waals surface area contributed by atoms with E-state index in [-0.39, 0.29) is 17.5 Å². The minimum absolute atomic E-state index is 0.133. The van der Waals surface area contributed by atoms with Crippen LogP contribution in [0.2, 0.25) is 0 Å². The van der Waals surface area contributed by atoms with Crippen molar-refractivity contribution < 1.29 is 19.0 Å². The van der Waals surface area contributed by atoms with Crippen LogP contribution in [0.5, 0.6) is 5.75 Å². The molecule has 1 N–H and O–H groups in total. The predicted octanol–water partition coefficient (Wildman–Crippen LogP) is 3.25. The van der Waals surface area contributed by atoms with Gasteiger partial charge in [-0.05, 0) is 30.5 Å². The molecule has 0 amide bonds. The molecule has 1 aromatic heterocycles. The molecule has 2 aromatic rings. The van der Waals surface area contributed by atoms with Crippen molar-refractivity contribution in [1.29, 1.82) is 0 Å². The van der Waals surface area contributed by atoms with Crippen LogP contribution >= 0.6 is 0 Å². The smallest absolute Gasteiger partial charge is 0.341 e. The molecular weight excluding hydrogens is 313 g/mol. The highest BCUT2D eigenvalue weighted by molar-refractivity contribution is 5.87. The van der Waals surface area contributed by atoms with Gasteiger partial charge in [-0.3, -0.25) is 4.79 Å². The van der Waals surface area contributed by atoms with Crippen molar-refractivity contribution in [2.24, 2.45) is 5.92 Å². The third-order valence-electron chi connectivity index (χ3n) is 4.38. The third kappa shape index (κ3) is 2.58. The van der Waals surface area contributed by atoms with Crippen molar-refractivity contribution in [3.63, 3.8) is 0 Å². The maximum atomic E-state index is 14.1. The summed E-state index contributed by atoms with van der Waals surface area (Å²) in [6.45, 7) is 5.92. The van der Waals surface area contributed by atoms with E-state index in [1.807, 2.05) is 13.8 Å². The molecule has 3 rings (SSSR count). The molecule has 0 spiro atoms. The predicted molar refractivity (Wildman–Crippen MR) is 87.2 cm³/mol. The van der Waals surface area contributed by atoms with E-state index in [4.69, 9.17) is 4.74 Å². The number of aromatic nitrogens is 1. The lowest BCUT2D eigenvalue weighted by Gasteiger charge is -2.24. The number of nitrogens with zero attached hydrogens (tertiary/aromatic N) is 1. The molecule has 0 fully saturated rings. The highest BCUT2D eigenvalue weighted by atomic mass is 19.1. The van der Waals surface area contributed by atoms with Gasteiger partial charge in [0.1, 0.15) is 23.7 Å². The Labute approximate surface area is 138 Å². The summed E-state index contributed by atoms with van der Waals surface area (Å²) in [4.78, 5) is 23.5. The van der Waals surface area contributed by atoms with E-state index in [1.165, 1.54) is 18.3 Å². The van der Waals surface area contributed by atoms with Crippen molar-refractivity contribution >= 4 is 5.97 Å². The van der Waals surface area contributed by atoms with Crippen molar-refractivity contribution in [2.45, 2.75) is 26.8 Å². The number of carbonyl (C=O) groups is 1. The maximum absolute atomic E-state index is 14.1. The Bertz CT molecular complexity index is 885. The van der Waals surface area contributed by atoms with Crippen LogP contribution in [0, 0.1) is 18.7 Å². The van der Waals surface area contributed by atoms with Gasteiger partial charge in [0.2, 0.25) is 0 Å². The minimum atomic E-state index is -1.28. The van der Waals surface area contributed by atoms with Crippen molar-refractivity contribution in [3.8, 4) is 17.0 Å². The number of aryl methyl sites for hydroxylation is 1. The zero-order chi connectivity index (χ0) is 17.6. The average molecular weight is 331 g/mol. The summed E-state index contributed by atoms with van der Waals surface area (Å²) < 4.78 is 21.6. The number of hydrogen-bond donors (Lipinski definition) is 1. The first-order valence-corrected chi connectivity index (χ1v) is 7.72. The molecule has 1 aliphatic heterocycles. The molecule has 126 valence electrons. The van der Waals surface area contributed by atoms with Crippen LogP contribution in [0.25, 0.3) is 11.3 Å². The van der Waals surface area contributed by atoms with Crippen LogP contribution in [0.15, 0.2) is 29.2 Å². The lowest BCUT2D eigenvalue weighted by atomic mass is 10.0. The van der Waals surface area contributed by atoms with Gasteiger partial charge in [-0.2, -0.15) is 0 Å². The van der Waals surface area contributed by atoms with Gasteiger partial charge < -0.3 is 14.4 Å². The molecule has 1 aliphatic rings. The average Bonchev–Trinajstić information content (AvgIpc) is 2.64. The van der Waals surface area contributed by atoms with E-state index in [1.54, 1.807) is 17.6 Å². The van der Waals surface area contributed by atoms with Gasteiger partial charge >= 0.3 is 5.97 Å². The van der Waals surface area contributed by atoms with E-state index in [2.05, 4.69) is 0 Å². The minimum Gasteiger partial charge on any atom is -0.491 e. The summed E-state index contributed by atoms with van der Waals surface area (Å²) in [7, 11) is 0. The number of fused-ring (bicyclic) bond motifs is 3. The Hall–Kier alpha value is -2.63. The first kappa shape index (κ1) is 16.2. The highest BCUT2D eigenvalue weighted by Crippen LogP contribution is 2.38. The molecule has 24 heavy (non-hydrogen) atoms. The molecule has 0 aliphatic carbocycles. The fourth-order valence-electron chi connectivity index (χ4n) is 2.94. The van der Waals surface area contributed by atoms with Gasteiger partial charge in [-0.1, -0.05) is 13.8 Å². The number of halogens is 1. The summed E-state index contributed by atoms with van der Waals surface area (Å²) in [5.41, 5.74) is 0.462. The van der Waals surface area contributed by atoms with Crippen molar-refractivity contribution in [1.82, 2.24) is 4.57 Å². The third-order valence-corrected chi connectivity index (χ3v) is 4.38. The molecule has 0 saturated carbocycles. The van der Waals surface area contributed by atoms with Crippen molar-refractivity contribution in [2.75, 3.05) is 6.61 Å². The molecule has 1 unspecified atom stereocenters. The van der Waals surface area contributed by atoms with Gasteiger partial charge in [0, 0.05) is 17.8 Å². The van der Waals surface area contributed by atoms with Crippen LogP contribution < -0.4 is 10.2 Å². The number of pyridine rings is 1. The Kier molecular flexibility index (Phi) is 3.91. The van der Waals surface area contributed by atoms with E-state index < -0.39 is 17.2 Å². The van der Waals surface area contributed by atoms with Gasteiger partial charge in [0.05, 0.1) is 11.7 Å². The molecule has 0 bridgehead atoms. The van der Waals surface area contributed by atoms with Gasteiger partial charge in [0.25, 0.3) is 0 Å². The van der Waals surface area contributed by atoms with Gasteiger partial charge in [0.15, 0.2) is 5.43 Å². The standard InChI is InChI=1S/C18H18FNO4/c1-9(2)15-8-24-17-4-10(3)13(19)5-11(17)14-6-16(21)12(18(22)23)7-20(14)15/h4-7,9,15H,8H2,1-3H3,(H,22,23). The summed E-state index contributed by atoms with van der Waals surface area (Å²) >= 11 is 0. The quantitative estimate of drug-likeness (QED) is 0.917. The monoisotopic (exact) mass is 331 g/mol. The first-order chi connectivity index (χ1) is 11.3. The number of rotatable bonds is 2. The normalized spacial score (nSPS) is 16.1. The van der Waals surface area contributed by atoms with Gasteiger partial charge in [-0.25, -0.2) is 9.18 Å². The largest absolute Gasteiger partial charge is 0.491 e. The van der Waals surface area contributed by atoms with Crippen molar-refractivity contribution in [3.05, 3.63) is 51.6 Å². The summed E-state index contributed by atoms with van der Waals surface area (Å²) in [6.07, 6.45) is 1.33. The van der Waals surface area contributed by atoms with E-state index >= 15 is 0 Å². The summed E-state index contributed by atoms with van der Waals surface area (Å²) in [5, 5.41) is 9.23. The number of aromatic carboxylic acids is 1. The van der Waals surface area contributed by atoms with Gasteiger partial charge in [-0.15, -0.1) is 0 Å². The second-order valence-corrected chi connectivity index (χ2v) is 6.37. The fraction of sp³-hybridized carbons (Fsp3) is 0.333. The zero-order valence-electron chi connectivity index (χ0n) is 13.7. The second-order valence-electron chi connectivity index (χ2n) is 6.37. The van der Waals surface area contributed by atoms with Crippen LogP contribution in [0.1, 0.15) is 35.8 Å². The number of hydrogen-bond acceptors (Lipinski definition) is 3. The summed E-state index contributed by atoms with van der Waals surface area (Å²) in [6, 6.07) is 4.02. The molecule has 0 radical (unpaired) electrons. The first-order valence-electron chi connectivity index (χ1n) is 7.72. The number of carboxylic acid groups (broad SMARTS) is 1. The molecule has 1 atom stereocenters. The molecular formula is C18H18FNO4. The van der Waals surface area contributed by atoms with E-state index in [0.29, 0.717) is 29.2 Å². The molecule has 6 heteroatoms. The molecule has 2 heterocycles. The van der Waals surface area contributed by atoms with Crippen LogP contribution in [-0.4, -0.2) is 22.2 Å². The topological polar surface area (TPSA) is 68.5 Å². The Morgan fingerprint density at radius 1 is 1.38 bits per heavy atom. The lowest BCUT2D eigenvalue weighted by molar-refractivity contribution is 0.0694. The Morgan fingerprint density at radius 2 is 2.08 bits per heavy atom. The Morgan fingerprint density at radius 3 is 2.71 bits per heavy atom.